The van der Waals surface area contributed by atoms with Crippen molar-refractivity contribution in [2.45, 2.75) is 137 Å². The molecular formula is C56H75N3O10. The van der Waals surface area contributed by atoms with E-state index in [1.165, 1.54) is 6.92 Å². The second-order valence-corrected chi connectivity index (χ2v) is 21.2. The highest BCUT2D eigenvalue weighted by molar-refractivity contribution is 5.99. The van der Waals surface area contributed by atoms with E-state index >= 15 is 0 Å². The molecule has 0 spiro atoms. The summed E-state index contributed by atoms with van der Waals surface area (Å²) < 4.78 is 16.9. The number of hydrogen-bond donors (Lipinski definition) is 2. The highest BCUT2D eigenvalue weighted by Crippen LogP contribution is 2.31. The van der Waals surface area contributed by atoms with E-state index in [1.54, 1.807) is 39.8 Å². The number of rotatable bonds is 26. The third-order valence-electron chi connectivity index (χ3n) is 12.9. The molecule has 2 aliphatic rings. The molecular weight excluding hydrogens is 875 g/mol. The summed E-state index contributed by atoms with van der Waals surface area (Å²) >= 11 is 0. The largest absolute Gasteiger partial charge is 0.425 e. The van der Waals surface area contributed by atoms with Crippen LogP contribution >= 0.6 is 0 Å². The Kier molecular flexibility index (Phi) is 19.7. The van der Waals surface area contributed by atoms with Crippen molar-refractivity contribution in [3.63, 3.8) is 0 Å². The number of epoxide rings is 1. The van der Waals surface area contributed by atoms with Crippen molar-refractivity contribution in [3.05, 3.63) is 101 Å². The summed E-state index contributed by atoms with van der Waals surface area (Å²) in [6.45, 7) is 17.9. The number of amides is 2. The molecule has 2 aliphatic heterocycles. The van der Waals surface area contributed by atoms with Gasteiger partial charge < -0.3 is 24.8 Å². The van der Waals surface area contributed by atoms with Gasteiger partial charge in [0.2, 0.25) is 11.8 Å². The molecule has 2 saturated heterocycles. The molecule has 13 nitrogen and oxygen atoms in total. The van der Waals surface area contributed by atoms with Crippen molar-refractivity contribution in [2.75, 3.05) is 32.9 Å². The zero-order valence-corrected chi connectivity index (χ0v) is 42.3. The first-order chi connectivity index (χ1) is 32.6. The number of morpholine rings is 1. The standard InChI is InChI=1S/C56H75N3O10/c1-36(2)26-47(49(62)32-43(28-40-18-14-11-15-19-40)53(65)58-48(27-37(3)4)51(63)56(9)35-68-56)57-52(64)42(22-20-39-16-12-10-13-17-39)31-45(61)33-59-24-25-67-34-44(59)29-41-21-23-50(46(30-41)38(5)60)69-54(66)55(6,7)8/h10-19,21,23,30,36-37,42-44,47-48H,20,22,24-29,31-35H2,1-9H3,(H,57,64)(H,58,65)/t42-,43-,44?,47+,48+,56-/m1/s1. The number of carbonyl (C=O) groups excluding carboxylic acids is 7. The predicted molar refractivity (Wildman–Crippen MR) is 265 cm³/mol. The summed E-state index contributed by atoms with van der Waals surface area (Å²) in [4.78, 5) is 98.4. The third kappa shape index (κ3) is 16.9. The van der Waals surface area contributed by atoms with E-state index in [2.05, 4.69) is 15.5 Å². The molecule has 374 valence electrons. The summed E-state index contributed by atoms with van der Waals surface area (Å²) in [7, 11) is 0. The van der Waals surface area contributed by atoms with Gasteiger partial charge in [-0.1, -0.05) is 94.4 Å². The zero-order valence-electron chi connectivity index (χ0n) is 42.3. The fourth-order valence-electron chi connectivity index (χ4n) is 8.74. The molecule has 6 atom stereocenters. The number of Topliss-reactive ketones (excluding diaryl/α,β-unsaturated/α-hetero) is 4. The van der Waals surface area contributed by atoms with Crippen molar-refractivity contribution in [3.8, 4) is 5.75 Å². The van der Waals surface area contributed by atoms with Crippen LogP contribution in [0.3, 0.4) is 0 Å². The minimum Gasteiger partial charge on any atom is -0.425 e. The first kappa shape index (κ1) is 54.6. The molecule has 0 saturated carbocycles. The van der Waals surface area contributed by atoms with Crippen LogP contribution in [0, 0.1) is 29.1 Å². The molecule has 13 heteroatoms. The van der Waals surface area contributed by atoms with Crippen molar-refractivity contribution in [2.24, 2.45) is 29.1 Å². The Balaban J connectivity index is 1.32. The first-order valence-corrected chi connectivity index (χ1v) is 24.7. The molecule has 69 heavy (non-hydrogen) atoms. The minimum atomic E-state index is -0.937. The average molecular weight is 950 g/mol. The molecule has 1 unspecified atom stereocenters. The molecule has 0 bridgehead atoms. The van der Waals surface area contributed by atoms with Gasteiger partial charge in [0.05, 0.1) is 49.4 Å². The van der Waals surface area contributed by atoms with Gasteiger partial charge in [-0.05, 0) is 114 Å². The minimum absolute atomic E-state index is 0.0110. The highest BCUT2D eigenvalue weighted by atomic mass is 16.6. The monoisotopic (exact) mass is 950 g/mol. The van der Waals surface area contributed by atoms with Crippen LogP contribution < -0.4 is 15.4 Å². The zero-order chi connectivity index (χ0) is 50.5. The van der Waals surface area contributed by atoms with Crippen molar-refractivity contribution >= 4 is 40.9 Å². The van der Waals surface area contributed by atoms with Crippen LogP contribution in [0.15, 0.2) is 78.9 Å². The van der Waals surface area contributed by atoms with Crippen LogP contribution in [-0.4, -0.2) is 102 Å². The summed E-state index contributed by atoms with van der Waals surface area (Å²) in [6, 6.07) is 22.4. The van der Waals surface area contributed by atoms with E-state index in [9.17, 15) is 33.6 Å². The predicted octanol–water partition coefficient (Wildman–Crippen LogP) is 7.53. The Hall–Kier alpha value is -5.37. The number of aryl methyl sites for hydroxylation is 1. The summed E-state index contributed by atoms with van der Waals surface area (Å²) in [5.41, 5.74) is 1.29. The average Bonchev–Trinajstić information content (AvgIpc) is 4.05. The molecule has 2 N–H and O–H groups in total. The lowest BCUT2D eigenvalue weighted by molar-refractivity contribution is -0.143. The lowest BCUT2D eigenvalue weighted by Gasteiger charge is -2.35. The Bertz CT molecular complexity index is 2250. The van der Waals surface area contributed by atoms with Gasteiger partial charge in [0.25, 0.3) is 0 Å². The van der Waals surface area contributed by atoms with Crippen LogP contribution in [0.2, 0.25) is 0 Å². The molecule has 3 aromatic rings. The van der Waals surface area contributed by atoms with Crippen LogP contribution in [0.25, 0.3) is 0 Å². The van der Waals surface area contributed by atoms with E-state index in [1.807, 2.05) is 94.4 Å². The third-order valence-corrected chi connectivity index (χ3v) is 12.9. The lowest BCUT2D eigenvalue weighted by Crippen LogP contribution is -2.50. The number of nitrogens with one attached hydrogen (secondary N) is 2. The number of nitrogens with zero attached hydrogens (tertiary/aromatic N) is 1. The second kappa shape index (κ2) is 25.0. The van der Waals surface area contributed by atoms with Gasteiger partial charge in [-0.15, -0.1) is 0 Å². The smallest absolute Gasteiger partial charge is 0.316 e. The van der Waals surface area contributed by atoms with Gasteiger partial charge in [0.1, 0.15) is 17.1 Å². The quantitative estimate of drug-likeness (QED) is 0.0352. The van der Waals surface area contributed by atoms with E-state index in [4.69, 9.17) is 14.2 Å². The fraction of sp³-hybridized carbons (Fsp3) is 0.554. The highest BCUT2D eigenvalue weighted by Gasteiger charge is 2.50. The number of ether oxygens (including phenoxy) is 3. The number of carbonyl (C=O) groups is 7. The number of benzene rings is 3. The van der Waals surface area contributed by atoms with Crippen molar-refractivity contribution in [1.29, 1.82) is 0 Å². The molecule has 2 amide bonds. The molecule has 2 fully saturated rings. The Labute approximate surface area is 409 Å². The van der Waals surface area contributed by atoms with E-state index in [0.717, 1.165) is 16.7 Å². The normalized spacial score (nSPS) is 19.0. The van der Waals surface area contributed by atoms with Gasteiger partial charge in [0, 0.05) is 37.3 Å². The Morgan fingerprint density at radius 3 is 1.97 bits per heavy atom. The van der Waals surface area contributed by atoms with E-state index in [-0.39, 0.29) is 72.6 Å². The van der Waals surface area contributed by atoms with Crippen LogP contribution in [0.5, 0.6) is 5.75 Å². The van der Waals surface area contributed by atoms with Gasteiger partial charge in [-0.2, -0.15) is 0 Å². The fourth-order valence-corrected chi connectivity index (χ4v) is 8.74. The summed E-state index contributed by atoms with van der Waals surface area (Å²) in [5, 5.41) is 6.05. The Morgan fingerprint density at radius 1 is 0.783 bits per heavy atom. The summed E-state index contributed by atoms with van der Waals surface area (Å²) in [5.74, 6) is -3.37. The molecule has 0 radical (unpaired) electrons. The Morgan fingerprint density at radius 2 is 1.38 bits per heavy atom. The number of esters is 1. The van der Waals surface area contributed by atoms with Crippen molar-refractivity contribution in [1.82, 2.24) is 15.5 Å². The van der Waals surface area contributed by atoms with Crippen LogP contribution in [0.4, 0.5) is 0 Å². The molecule has 2 heterocycles. The second-order valence-electron chi connectivity index (χ2n) is 21.2. The maximum Gasteiger partial charge on any atom is 0.316 e. The lowest BCUT2D eigenvalue weighted by atomic mass is 9.87. The van der Waals surface area contributed by atoms with Crippen molar-refractivity contribution < 1.29 is 47.8 Å². The maximum atomic E-state index is 14.5. The van der Waals surface area contributed by atoms with Gasteiger partial charge in [0.15, 0.2) is 17.3 Å². The topological polar surface area (TPSA) is 178 Å². The van der Waals surface area contributed by atoms with Crippen LogP contribution in [0.1, 0.15) is 121 Å². The molecule has 3 aromatic carbocycles. The molecule has 0 aromatic heterocycles. The number of hydrogen-bond acceptors (Lipinski definition) is 11. The van der Waals surface area contributed by atoms with Gasteiger partial charge in [-0.25, -0.2) is 0 Å². The van der Waals surface area contributed by atoms with Gasteiger partial charge in [-0.3, -0.25) is 38.5 Å². The molecule has 5 rings (SSSR count). The number of ketones is 4. The van der Waals surface area contributed by atoms with E-state index in [0.29, 0.717) is 64.0 Å². The maximum absolute atomic E-state index is 14.5. The van der Waals surface area contributed by atoms with Gasteiger partial charge >= 0.3 is 5.97 Å². The molecule has 0 aliphatic carbocycles. The van der Waals surface area contributed by atoms with E-state index < -0.39 is 52.7 Å². The van der Waals surface area contributed by atoms with Crippen LogP contribution in [-0.2, 0) is 57.5 Å². The SMILES string of the molecule is CC(=O)c1cc(CC2COCCN2CC(=O)C[C@@H](CCc2ccccc2)C(=O)N[C@@H](CC(C)C)C(=O)C[C@@H](Cc2ccccc2)C(=O)N[C@@H](CC(C)C)C(=O)[C@@]2(C)CO2)ccc1OC(=O)C(C)(C)C. The summed E-state index contributed by atoms with van der Waals surface area (Å²) in [6.07, 6.45) is 2.14. The first-order valence-electron chi connectivity index (χ1n) is 24.7.